The van der Waals surface area contributed by atoms with Gasteiger partial charge in [0.25, 0.3) is 0 Å². The maximum absolute atomic E-state index is 12.0. The second kappa shape index (κ2) is 9.89. The highest BCUT2D eigenvalue weighted by Gasteiger charge is 2.25. The minimum absolute atomic E-state index is 0. The van der Waals surface area contributed by atoms with Crippen molar-refractivity contribution in [3.8, 4) is 0 Å². The Balaban J connectivity index is 0.00000324. The van der Waals surface area contributed by atoms with Crippen LogP contribution in [0.4, 0.5) is 0 Å². The first-order valence-electron chi connectivity index (χ1n) is 7.20. The van der Waals surface area contributed by atoms with Gasteiger partial charge in [-0.1, -0.05) is 27.2 Å². The molecule has 2 unspecified atom stereocenters. The van der Waals surface area contributed by atoms with Crippen LogP contribution in [0, 0.1) is 5.92 Å². The molecule has 3 N–H and O–H groups in total. The molecule has 114 valence electrons. The Morgan fingerprint density at radius 1 is 1.42 bits per heavy atom. The number of halogens is 1. The van der Waals surface area contributed by atoms with Gasteiger partial charge in [0, 0.05) is 11.3 Å². The number of carbonyl (C=O) groups is 1. The standard InChI is InChI=1S/C14H28N2OS.ClH/c1-4-18-12-7-5-6-11(9-12)16-14(17)13(15)8-10(2)3;/h10-13H,4-9,15H2,1-3H3,(H,16,17);1H/t11?,12?,13-;/m0./s1. The highest BCUT2D eigenvalue weighted by Crippen LogP contribution is 2.28. The third-order valence-corrected chi connectivity index (χ3v) is 4.67. The topological polar surface area (TPSA) is 55.1 Å². The molecular formula is C14H29ClN2OS. The van der Waals surface area contributed by atoms with Crippen molar-refractivity contribution >= 4 is 30.1 Å². The molecule has 0 saturated heterocycles. The molecule has 3 nitrogen and oxygen atoms in total. The zero-order valence-electron chi connectivity index (χ0n) is 12.4. The highest BCUT2D eigenvalue weighted by molar-refractivity contribution is 7.99. The molecule has 0 radical (unpaired) electrons. The molecule has 1 aliphatic rings. The van der Waals surface area contributed by atoms with Crippen molar-refractivity contribution in [1.29, 1.82) is 0 Å². The number of carbonyl (C=O) groups excluding carboxylic acids is 1. The van der Waals surface area contributed by atoms with Crippen molar-refractivity contribution in [1.82, 2.24) is 5.32 Å². The van der Waals surface area contributed by atoms with Crippen LogP contribution in [0.25, 0.3) is 0 Å². The quantitative estimate of drug-likeness (QED) is 0.793. The minimum atomic E-state index is -0.343. The van der Waals surface area contributed by atoms with Crippen molar-refractivity contribution in [3.63, 3.8) is 0 Å². The number of amides is 1. The summed E-state index contributed by atoms with van der Waals surface area (Å²) in [6, 6.07) is -0.00211. The SMILES string of the molecule is CCSC1CCCC(NC(=O)[C@@H](N)CC(C)C)C1.Cl. The smallest absolute Gasteiger partial charge is 0.237 e. The maximum Gasteiger partial charge on any atom is 0.237 e. The summed E-state index contributed by atoms with van der Waals surface area (Å²) in [5.74, 6) is 1.68. The minimum Gasteiger partial charge on any atom is -0.352 e. The number of hydrogen-bond donors (Lipinski definition) is 2. The summed E-state index contributed by atoms with van der Waals surface area (Å²) in [4.78, 5) is 12.0. The molecular weight excluding hydrogens is 280 g/mol. The zero-order valence-corrected chi connectivity index (χ0v) is 14.0. The van der Waals surface area contributed by atoms with E-state index in [1.807, 2.05) is 11.8 Å². The Morgan fingerprint density at radius 3 is 2.68 bits per heavy atom. The fraction of sp³-hybridized carbons (Fsp3) is 0.929. The Labute approximate surface area is 128 Å². The van der Waals surface area contributed by atoms with E-state index in [4.69, 9.17) is 5.73 Å². The lowest BCUT2D eigenvalue weighted by Crippen LogP contribution is -2.47. The van der Waals surface area contributed by atoms with E-state index in [0.29, 0.717) is 12.0 Å². The lowest BCUT2D eigenvalue weighted by molar-refractivity contribution is -0.123. The molecule has 5 heteroatoms. The molecule has 0 aliphatic heterocycles. The van der Waals surface area contributed by atoms with Gasteiger partial charge in [-0.3, -0.25) is 4.79 Å². The summed E-state index contributed by atoms with van der Waals surface area (Å²) >= 11 is 2.02. The van der Waals surface area contributed by atoms with Gasteiger partial charge >= 0.3 is 0 Å². The normalized spacial score (nSPS) is 24.7. The average molecular weight is 309 g/mol. The summed E-state index contributed by atoms with van der Waals surface area (Å²) in [6.45, 7) is 6.40. The lowest BCUT2D eigenvalue weighted by atomic mass is 9.94. The molecule has 0 heterocycles. The van der Waals surface area contributed by atoms with Crippen LogP contribution in [0.2, 0.25) is 0 Å². The van der Waals surface area contributed by atoms with Crippen molar-refractivity contribution < 1.29 is 4.79 Å². The molecule has 19 heavy (non-hydrogen) atoms. The third kappa shape index (κ3) is 7.42. The molecule has 3 atom stereocenters. The van der Waals surface area contributed by atoms with Crippen molar-refractivity contribution in [2.24, 2.45) is 11.7 Å². The zero-order chi connectivity index (χ0) is 13.5. The van der Waals surface area contributed by atoms with Gasteiger partial charge in [-0.15, -0.1) is 12.4 Å². The maximum atomic E-state index is 12.0. The molecule has 1 fully saturated rings. The van der Waals surface area contributed by atoms with Gasteiger partial charge in [-0.05, 0) is 37.4 Å². The molecule has 0 spiro atoms. The van der Waals surface area contributed by atoms with Crippen LogP contribution in [-0.2, 0) is 4.79 Å². The van der Waals surface area contributed by atoms with E-state index in [1.54, 1.807) is 0 Å². The largest absolute Gasteiger partial charge is 0.352 e. The van der Waals surface area contributed by atoms with Crippen LogP contribution in [0.5, 0.6) is 0 Å². The first-order valence-corrected chi connectivity index (χ1v) is 8.25. The number of nitrogens with one attached hydrogen (secondary N) is 1. The van der Waals surface area contributed by atoms with Gasteiger partial charge in [-0.25, -0.2) is 0 Å². The van der Waals surface area contributed by atoms with Gasteiger partial charge in [0.2, 0.25) is 5.91 Å². The second-order valence-corrected chi connectivity index (χ2v) is 7.26. The molecule has 0 bridgehead atoms. The Morgan fingerprint density at radius 2 is 2.11 bits per heavy atom. The van der Waals surface area contributed by atoms with E-state index >= 15 is 0 Å². The van der Waals surface area contributed by atoms with Crippen molar-refractivity contribution in [2.45, 2.75) is 70.2 Å². The van der Waals surface area contributed by atoms with Gasteiger partial charge < -0.3 is 11.1 Å². The number of hydrogen-bond acceptors (Lipinski definition) is 3. The molecule has 0 aromatic carbocycles. The summed E-state index contributed by atoms with van der Waals surface area (Å²) in [6.07, 6.45) is 5.51. The predicted molar refractivity (Wildman–Crippen MR) is 87.0 cm³/mol. The number of nitrogens with two attached hydrogens (primary N) is 1. The first kappa shape index (κ1) is 19.1. The molecule has 0 aromatic rings. The third-order valence-electron chi connectivity index (χ3n) is 3.44. The monoisotopic (exact) mass is 308 g/mol. The molecule has 1 amide bonds. The number of rotatable bonds is 6. The van der Waals surface area contributed by atoms with Crippen LogP contribution < -0.4 is 11.1 Å². The lowest BCUT2D eigenvalue weighted by Gasteiger charge is -2.30. The van der Waals surface area contributed by atoms with Crippen LogP contribution in [-0.4, -0.2) is 29.0 Å². The molecule has 1 aliphatic carbocycles. The summed E-state index contributed by atoms with van der Waals surface area (Å²) in [5, 5.41) is 3.85. The second-order valence-electron chi connectivity index (χ2n) is 5.69. The fourth-order valence-corrected chi connectivity index (χ4v) is 3.76. The Hall–Kier alpha value is 0.0700. The Bertz CT molecular complexity index is 262. The predicted octanol–water partition coefficient (Wildman–Crippen LogP) is 2.96. The van der Waals surface area contributed by atoms with E-state index in [-0.39, 0.29) is 24.4 Å². The van der Waals surface area contributed by atoms with E-state index in [2.05, 4.69) is 26.1 Å². The van der Waals surface area contributed by atoms with E-state index in [9.17, 15) is 4.79 Å². The van der Waals surface area contributed by atoms with Crippen LogP contribution in [0.1, 0.15) is 52.9 Å². The summed E-state index contributed by atoms with van der Waals surface area (Å²) < 4.78 is 0. The van der Waals surface area contributed by atoms with Crippen LogP contribution >= 0.6 is 24.2 Å². The van der Waals surface area contributed by atoms with Crippen LogP contribution in [0.3, 0.4) is 0 Å². The highest BCUT2D eigenvalue weighted by atomic mass is 35.5. The summed E-state index contributed by atoms with van der Waals surface area (Å²) in [7, 11) is 0. The van der Waals surface area contributed by atoms with Crippen molar-refractivity contribution in [3.05, 3.63) is 0 Å². The van der Waals surface area contributed by atoms with E-state index in [0.717, 1.165) is 30.3 Å². The van der Waals surface area contributed by atoms with Crippen molar-refractivity contribution in [2.75, 3.05) is 5.75 Å². The summed E-state index contributed by atoms with van der Waals surface area (Å²) in [5.41, 5.74) is 5.91. The molecule has 0 aromatic heterocycles. The molecule has 1 saturated carbocycles. The van der Waals surface area contributed by atoms with Gasteiger partial charge in [0.15, 0.2) is 0 Å². The van der Waals surface area contributed by atoms with Crippen LogP contribution in [0.15, 0.2) is 0 Å². The average Bonchev–Trinajstić information content (AvgIpc) is 2.29. The van der Waals surface area contributed by atoms with E-state index < -0.39 is 0 Å². The first-order chi connectivity index (χ1) is 8.52. The van der Waals surface area contributed by atoms with Gasteiger partial charge in [0.1, 0.15) is 0 Å². The molecule has 1 rings (SSSR count). The Kier molecular flexibility index (Phi) is 9.93. The van der Waals surface area contributed by atoms with Gasteiger partial charge in [-0.2, -0.15) is 11.8 Å². The van der Waals surface area contributed by atoms with E-state index in [1.165, 1.54) is 12.8 Å². The number of thioether (sulfide) groups is 1. The van der Waals surface area contributed by atoms with Gasteiger partial charge in [0.05, 0.1) is 6.04 Å². The fourth-order valence-electron chi connectivity index (χ4n) is 2.59.